The van der Waals surface area contributed by atoms with E-state index < -0.39 is 126 Å². The van der Waals surface area contributed by atoms with Crippen LogP contribution in [0, 0.1) is 42.4 Å². The van der Waals surface area contributed by atoms with Crippen molar-refractivity contribution in [3.8, 4) is 5.75 Å². The highest BCUT2D eigenvalue weighted by atomic mass is 16.6. The van der Waals surface area contributed by atoms with Crippen LogP contribution in [0.4, 0.5) is 9.59 Å². The summed E-state index contributed by atoms with van der Waals surface area (Å²) in [6.45, 7) is 48.1. The Morgan fingerprint density at radius 3 is 1.04 bits per heavy atom. The second-order valence-electron chi connectivity index (χ2n) is 36.7. The molecule has 0 radical (unpaired) electrons. The third-order valence-corrected chi connectivity index (χ3v) is 19.9. The normalized spacial score (nSPS) is 13.4. The molecule has 0 bridgehead atoms. The summed E-state index contributed by atoms with van der Waals surface area (Å²) < 4.78 is 67.4. The predicted octanol–water partition coefficient (Wildman–Crippen LogP) is 5.50. The van der Waals surface area contributed by atoms with E-state index in [9.17, 15) is 91.1 Å². The maximum atomic E-state index is 13.0. The lowest BCUT2D eigenvalue weighted by molar-refractivity contribution is -0.152. The molecule has 3 heterocycles. The zero-order valence-electron chi connectivity index (χ0n) is 88.0. The minimum atomic E-state index is -1.09. The van der Waals surface area contributed by atoms with E-state index in [1.54, 1.807) is 109 Å². The number of hydrogen-bond donors (Lipinski definition) is 7. The molecule has 9 atom stereocenters. The van der Waals surface area contributed by atoms with Gasteiger partial charge in [0, 0.05) is 95.3 Å². The number of nitrogens with two attached hydrogens (primary N) is 2. The van der Waals surface area contributed by atoms with Crippen LogP contribution in [0.15, 0.2) is 86.0 Å². The first-order valence-electron chi connectivity index (χ1n) is 48.1. The zero-order chi connectivity index (χ0) is 111. The van der Waals surface area contributed by atoms with Crippen LogP contribution in [-0.4, -0.2) is 268 Å². The van der Waals surface area contributed by atoms with Gasteiger partial charge >= 0.3 is 84.9 Å². The van der Waals surface area contributed by atoms with Crippen LogP contribution in [0.25, 0.3) is 0 Å². The molecule has 0 unspecified atom stereocenters. The van der Waals surface area contributed by atoms with Crippen molar-refractivity contribution in [2.24, 2.45) is 47.0 Å². The van der Waals surface area contributed by atoms with Crippen molar-refractivity contribution in [3.63, 3.8) is 0 Å². The summed E-state index contributed by atoms with van der Waals surface area (Å²) in [4.78, 5) is 234. The number of esters is 6. The van der Waals surface area contributed by atoms with E-state index in [1.807, 2.05) is 94.0 Å². The van der Waals surface area contributed by atoms with E-state index in [-0.39, 0.29) is 197 Å². The Kier molecular flexibility index (Phi) is 65.4. The second kappa shape index (κ2) is 72.6. The molecule has 804 valence electrons. The van der Waals surface area contributed by atoms with Crippen molar-refractivity contribution in [2.75, 3.05) is 20.7 Å². The number of aryl methyl sites for hydroxylation is 1. The zero-order valence-corrected chi connectivity index (χ0v) is 88.0. The van der Waals surface area contributed by atoms with Crippen LogP contribution in [0.3, 0.4) is 0 Å². The van der Waals surface area contributed by atoms with E-state index in [0.717, 1.165) is 31.1 Å². The summed E-state index contributed by atoms with van der Waals surface area (Å²) in [6.07, 6.45) is 16.2. The second-order valence-corrected chi connectivity index (χ2v) is 36.7. The lowest BCUT2D eigenvalue weighted by Crippen LogP contribution is -2.46. The molecular weight excluding hydrogens is 1900 g/mol. The minimum Gasteiger partial charge on any atom is -0.464 e. The fraction of sp³-hybridized carbons (Fsp3) is 0.563. The lowest BCUT2D eigenvalue weighted by Gasteiger charge is -2.24. The fourth-order valence-electron chi connectivity index (χ4n) is 13.3. The van der Waals surface area contributed by atoms with Gasteiger partial charge < -0.3 is 94.6 Å². The Morgan fingerprint density at radius 2 is 0.733 bits per heavy atom. The Balaban J connectivity index is 0.00000181. The van der Waals surface area contributed by atoms with Gasteiger partial charge in [0.2, 0.25) is 46.6 Å². The number of carbonyl (C=O) groups is 18. The smallest absolute Gasteiger partial charge is 0.464 e. The number of amides is 5. The third-order valence-electron chi connectivity index (χ3n) is 19.9. The molecule has 0 saturated carbocycles. The molecule has 1 aromatic carbocycles. The van der Waals surface area contributed by atoms with Gasteiger partial charge in [0.15, 0.2) is 18.1 Å². The van der Waals surface area contributed by atoms with Gasteiger partial charge in [0.25, 0.3) is 33.6 Å². The highest BCUT2D eigenvalue weighted by Crippen LogP contribution is 2.24. The van der Waals surface area contributed by atoms with E-state index in [2.05, 4.69) is 87.9 Å². The van der Waals surface area contributed by atoms with E-state index in [1.165, 1.54) is 6.92 Å². The number of hydrogen-bond acceptors (Lipinski definition) is 33. The number of benzene rings is 1. The first-order valence-corrected chi connectivity index (χ1v) is 48.1. The summed E-state index contributed by atoms with van der Waals surface area (Å²) in [7, 11) is 3.63. The number of carbonyl (C=O) groups excluding carboxylic acids is 18. The molecule has 43 nitrogen and oxygen atoms in total. The Bertz CT molecular complexity index is 5140. The number of nitrogens with one attached hydrogen (secondary N) is 5. The summed E-state index contributed by atoms with van der Waals surface area (Å²) in [5.41, 5.74) is 13.7. The van der Waals surface area contributed by atoms with Crippen molar-refractivity contribution < 1.29 is 133 Å². The molecule has 43 heteroatoms. The van der Waals surface area contributed by atoms with Gasteiger partial charge in [0.05, 0.1) is 48.7 Å². The van der Waals surface area contributed by atoms with Gasteiger partial charge in [-0.05, 0) is 187 Å². The maximum absolute atomic E-state index is 13.0. The first-order chi connectivity index (χ1) is 68.6. The average Bonchev–Trinajstić information content (AvgIpc) is 1.06. The molecule has 2 aromatic rings. The molecule has 9 N–H and O–H groups in total. The Hall–Kier alpha value is -14.6. The van der Waals surface area contributed by atoms with Crippen molar-refractivity contribution in [2.45, 2.75) is 320 Å². The largest absolute Gasteiger partial charge is 0.519 e. The number of ether oxygens (including phenoxy) is 8. The van der Waals surface area contributed by atoms with Crippen molar-refractivity contribution >= 4 is 171 Å². The highest BCUT2D eigenvalue weighted by Gasteiger charge is 2.36. The predicted molar refractivity (Wildman–Crippen MR) is 553 cm³/mol. The van der Waals surface area contributed by atoms with Gasteiger partial charge in [0.1, 0.15) is 54.1 Å². The minimum absolute atomic E-state index is 0.00417. The molecular formula is C103H153N14O29+5. The van der Waals surface area contributed by atoms with Gasteiger partial charge in [-0.1, -0.05) is 79.7 Å². The molecule has 5 amide bonds. The maximum Gasteiger partial charge on any atom is 0.519 e. The van der Waals surface area contributed by atoms with E-state index in [4.69, 9.17) is 53.8 Å². The SMILES string of the molecule is C=[N+]=CC(=O)CC[C@H](NC(=O)C1=CN(C)C=CC1)C(=O)OC(C)C.C=[N+]=CC(=O)CC[C@H](NC(=O)OCc1ccc(OC(=O)C2=CN(C)C=CC2)cc1)C(=O)OC(C)C.C=[N+]=CC(=O)CC[C@H](NC(=O)OCc1oc(=O)oc1C)C(=O)OC(C)C.C=[N+]=CC(=O)CC[C@H](NC(=O)[C@@H](CC(=O)[C@@H](N)CC(C)C)CC(C)C)C(=O)OC(C)C.C=[N+]=CC(=O)CC[C@H](NC(=O)[C@@H](CC(=O)[C@@H](N)CC(C)C)CC(C)C)C(=O)OCC. The Morgan fingerprint density at radius 1 is 0.418 bits per heavy atom. The first kappa shape index (κ1) is 131. The van der Waals surface area contributed by atoms with E-state index >= 15 is 0 Å². The molecule has 0 saturated heterocycles. The quantitative estimate of drug-likeness (QED) is 0.0141. The van der Waals surface area contributed by atoms with Gasteiger partial charge in [-0.15, -0.1) is 23.3 Å². The van der Waals surface area contributed by atoms with E-state index in [0.29, 0.717) is 61.0 Å². The van der Waals surface area contributed by atoms with Crippen LogP contribution in [0.2, 0.25) is 0 Å². The molecule has 2 aliphatic rings. The Labute approximate surface area is 853 Å². The summed E-state index contributed by atoms with van der Waals surface area (Å²) in [5, 5.41) is 12.8. The van der Waals surface area contributed by atoms with Crippen molar-refractivity contribution in [1.29, 1.82) is 0 Å². The fourth-order valence-corrected chi connectivity index (χ4v) is 13.3. The lowest BCUT2D eigenvalue weighted by atomic mass is 9.88. The number of ketones is 7. The summed E-state index contributed by atoms with van der Waals surface area (Å²) in [5.74, 6) is -7.35. The molecule has 0 spiro atoms. The van der Waals surface area contributed by atoms with Crippen LogP contribution < -0.4 is 72.0 Å². The van der Waals surface area contributed by atoms with Gasteiger partial charge in [-0.2, -0.15) is 0 Å². The van der Waals surface area contributed by atoms with Gasteiger partial charge in [-0.25, -0.2) is 43.2 Å². The highest BCUT2D eigenvalue weighted by molar-refractivity contribution is 6.29. The summed E-state index contributed by atoms with van der Waals surface area (Å²) in [6, 6.07) is 0.236. The third kappa shape index (κ3) is 60.1. The average molecular weight is 2050 g/mol. The standard InChI is InChI=1S/C25H29N3O7.C23H39N3O5.C22H37N3O5.C17H23N3O4.C16H20N2O8/c1-17(2)34-24(31)22(12-9-20(29)14-26-3)27-25(32)33-16-18-7-10-21(11-8-18)35-23(30)19-6-5-13-28(4)15-19;1-14(2)10-17(12-21(28)19(24)11-15(3)4)22(29)26-20(23(30)31-16(5)6)9-8-18(27)13-25-7;1-7-30-22(29)19(9-8-17(26)13-24-6)25-21(28)16(10-14(2)3)12-20(27)18(23)11-15(4)5;1-12(2)24-17(23)15(8-7-14(21)10-18-3)19-16(22)13-6-5-9-20(4)11-13;1-9(2)24-14(20)12(6-5-11(19)7-17-4)18-15(21)23-8-13-10(3)25-16(22)26-13/h5,7-8,10-11,13-15,17,22H,3,6,9,12,16H2,1-2,4H3;13-17,19-20H,7-12,24H2,1-6H3;13-16,18-19H,6-12,23H2,1-5H3;5,9-12,15H,3,6-8H2,1-2,4H3;7,9,12H,4-6,8H2,1-3H3/p+5/t22-;17-,19+,20+;16-,18+,19+;15-;12-/m01100/s1. The van der Waals surface area contributed by atoms with Gasteiger partial charge in [-0.3, -0.25) is 47.9 Å². The number of nitrogens with zero attached hydrogens (tertiary/aromatic N) is 7. The van der Waals surface area contributed by atoms with Crippen LogP contribution >= 0.6 is 0 Å². The van der Waals surface area contributed by atoms with Crippen LogP contribution in [0.5, 0.6) is 5.75 Å². The monoisotopic (exact) mass is 2050 g/mol. The molecule has 0 aliphatic carbocycles. The number of allylic oxidation sites excluding steroid dienone is 2. The van der Waals surface area contributed by atoms with Crippen LogP contribution in [0.1, 0.15) is 250 Å². The molecule has 1 aromatic heterocycles. The van der Waals surface area contributed by atoms with Crippen molar-refractivity contribution in [3.05, 3.63) is 100 Å². The summed E-state index contributed by atoms with van der Waals surface area (Å²) >= 11 is 0. The number of alkyl carbamates (subject to hydrolysis) is 2. The molecule has 4 rings (SSSR count). The number of Topliss-reactive ketones (excluding diaryl/α,β-unsaturated/α-hetero) is 7. The molecule has 0 fully saturated rings. The van der Waals surface area contributed by atoms with Crippen molar-refractivity contribution in [1.82, 2.24) is 59.7 Å². The topological polar surface area (TPSA) is 614 Å². The van der Waals surface area contributed by atoms with Crippen LogP contribution in [-0.2, 0) is 123 Å². The molecule has 2 aliphatic heterocycles. The molecule has 146 heavy (non-hydrogen) atoms. The number of rotatable bonds is 58.